The third kappa shape index (κ3) is 6.55. The Morgan fingerprint density at radius 3 is 1.96 bits per heavy atom. The molecule has 26 heavy (non-hydrogen) atoms. The predicted octanol–water partition coefficient (Wildman–Crippen LogP) is 7.22. The standard InChI is InChI=1S/C12H15O.3C4H9.Sn/c13-12(11-7-8-11)9-6-10-4-2-1-3-5-10;3*1-3-4-2;/h1-5,7,11-13H,6,8-9H2;3*1,3-4H2,2H3;/t11-,12-;;;;/m1..../s1. The van der Waals surface area contributed by atoms with Crippen LogP contribution >= 0.6 is 0 Å². The van der Waals surface area contributed by atoms with E-state index in [2.05, 4.69) is 51.1 Å². The summed E-state index contributed by atoms with van der Waals surface area (Å²) in [6.07, 6.45) is 11.7. The SMILES string of the molecule is CCC[CH2][Sn]([CH2]CCC)([CH2]CCC)[C@H]1C[C@@H]1[C@H](O)CCc1ccccc1. The zero-order valence-electron chi connectivity index (χ0n) is 17.6. The van der Waals surface area contributed by atoms with Gasteiger partial charge in [0.15, 0.2) is 0 Å². The number of rotatable bonds is 14. The van der Waals surface area contributed by atoms with Crippen LogP contribution in [0, 0.1) is 5.92 Å². The molecule has 1 fully saturated rings. The fraction of sp³-hybridized carbons (Fsp3) is 0.750. The average Bonchev–Trinajstić information content (AvgIpc) is 3.48. The van der Waals surface area contributed by atoms with E-state index in [1.54, 1.807) is 13.3 Å². The number of hydrogen-bond donors (Lipinski definition) is 1. The Balaban J connectivity index is 1.96. The summed E-state index contributed by atoms with van der Waals surface area (Å²) in [7, 11) is 0. The molecule has 1 aromatic carbocycles. The number of aryl methyl sites for hydroxylation is 1. The molecule has 1 aliphatic carbocycles. The molecular formula is C24H42OSn. The van der Waals surface area contributed by atoms with E-state index in [1.165, 1.54) is 50.5 Å². The Bertz CT molecular complexity index is 464. The van der Waals surface area contributed by atoms with E-state index in [1.807, 2.05) is 0 Å². The predicted molar refractivity (Wildman–Crippen MR) is 118 cm³/mol. The Kier molecular flexibility index (Phi) is 10.1. The van der Waals surface area contributed by atoms with Crippen LogP contribution in [0.1, 0.15) is 77.7 Å². The second-order valence-corrected chi connectivity index (χ2v) is 22.9. The summed E-state index contributed by atoms with van der Waals surface area (Å²) in [5.74, 6) is 0.653. The maximum atomic E-state index is 10.9. The number of aliphatic hydroxyl groups is 1. The molecule has 1 aromatic rings. The second kappa shape index (κ2) is 11.7. The van der Waals surface area contributed by atoms with Gasteiger partial charge in [0.1, 0.15) is 0 Å². The third-order valence-corrected chi connectivity index (χ3v) is 24.7. The van der Waals surface area contributed by atoms with E-state index >= 15 is 0 Å². The topological polar surface area (TPSA) is 20.2 Å². The molecule has 0 saturated heterocycles. The zero-order valence-corrected chi connectivity index (χ0v) is 20.4. The molecule has 0 radical (unpaired) electrons. The molecule has 0 heterocycles. The van der Waals surface area contributed by atoms with Crippen molar-refractivity contribution in [2.45, 2.75) is 102 Å². The van der Waals surface area contributed by atoms with Crippen molar-refractivity contribution in [1.82, 2.24) is 0 Å². The quantitative estimate of drug-likeness (QED) is 0.288. The fourth-order valence-electron chi connectivity index (χ4n) is 5.04. The summed E-state index contributed by atoms with van der Waals surface area (Å²) in [4.78, 5) is 0. The Hall–Kier alpha value is -0.0213. The van der Waals surface area contributed by atoms with Gasteiger partial charge < -0.3 is 0 Å². The Morgan fingerprint density at radius 2 is 1.46 bits per heavy atom. The maximum absolute atomic E-state index is 10.9. The monoisotopic (exact) mass is 466 g/mol. The molecule has 0 unspecified atom stereocenters. The molecule has 2 rings (SSSR count). The molecule has 1 nitrogen and oxygen atoms in total. The van der Waals surface area contributed by atoms with Gasteiger partial charge in [0.05, 0.1) is 0 Å². The molecule has 1 saturated carbocycles. The summed E-state index contributed by atoms with van der Waals surface area (Å²) in [5, 5.41) is 10.9. The van der Waals surface area contributed by atoms with Gasteiger partial charge in [-0.25, -0.2) is 0 Å². The second-order valence-electron chi connectivity index (χ2n) is 8.77. The van der Waals surface area contributed by atoms with Crippen molar-refractivity contribution in [2.75, 3.05) is 0 Å². The van der Waals surface area contributed by atoms with Crippen molar-refractivity contribution >= 4 is 18.4 Å². The molecule has 0 aliphatic heterocycles. The van der Waals surface area contributed by atoms with E-state index in [-0.39, 0.29) is 6.10 Å². The first-order valence-electron chi connectivity index (χ1n) is 11.4. The summed E-state index contributed by atoms with van der Waals surface area (Å²) >= 11 is -2.11. The molecule has 1 aliphatic rings. The molecule has 1 N–H and O–H groups in total. The minimum absolute atomic E-state index is 0.0545. The van der Waals surface area contributed by atoms with Crippen molar-refractivity contribution in [2.24, 2.45) is 5.92 Å². The van der Waals surface area contributed by atoms with Gasteiger partial charge >= 0.3 is 167 Å². The summed E-state index contributed by atoms with van der Waals surface area (Å²) < 4.78 is 5.77. The van der Waals surface area contributed by atoms with Crippen molar-refractivity contribution in [3.63, 3.8) is 0 Å². The number of hydrogen-bond acceptors (Lipinski definition) is 1. The van der Waals surface area contributed by atoms with Gasteiger partial charge in [0, 0.05) is 0 Å². The van der Waals surface area contributed by atoms with Crippen LogP contribution in [-0.4, -0.2) is 29.6 Å². The first-order valence-corrected chi connectivity index (χ1v) is 19.1. The Morgan fingerprint density at radius 1 is 0.923 bits per heavy atom. The molecule has 0 spiro atoms. The zero-order chi connectivity index (χ0) is 18.8. The van der Waals surface area contributed by atoms with E-state index in [4.69, 9.17) is 0 Å². The van der Waals surface area contributed by atoms with Gasteiger partial charge in [0.25, 0.3) is 0 Å². The van der Waals surface area contributed by atoms with Crippen LogP contribution in [0.5, 0.6) is 0 Å². The van der Waals surface area contributed by atoms with Crippen LogP contribution < -0.4 is 0 Å². The van der Waals surface area contributed by atoms with E-state index in [0.29, 0.717) is 5.92 Å². The molecule has 0 amide bonds. The van der Waals surface area contributed by atoms with Crippen LogP contribution in [0.3, 0.4) is 0 Å². The normalized spacial score (nSPS) is 20.9. The minimum atomic E-state index is -2.11. The average molecular weight is 465 g/mol. The Labute approximate surface area is 166 Å². The van der Waals surface area contributed by atoms with Crippen LogP contribution in [0.15, 0.2) is 30.3 Å². The summed E-state index contributed by atoms with van der Waals surface area (Å²) in [6, 6.07) is 10.7. The van der Waals surface area contributed by atoms with Crippen molar-refractivity contribution in [1.29, 1.82) is 0 Å². The molecule has 2 heteroatoms. The van der Waals surface area contributed by atoms with E-state index in [0.717, 1.165) is 16.8 Å². The van der Waals surface area contributed by atoms with Crippen LogP contribution in [0.25, 0.3) is 0 Å². The number of benzene rings is 1. The van der Waals surface area contributed by atoms with E-state index in [9.17, 15) is 5.11 Å². The van der Waals surface area contributed by atoms with Gasteiger partial charge in [-0.3, -0.25) is 0 Å². The summed E-state index contributed by atoms with van der Waals surface area (Å²) in [6.45, 7) is 7.07. The molecule has 0 bridgehead atoms. The van der Waals surface area contributed by atoms with Crippen LogP contribution in [0.2, 0.25) is 17.2 Å². The number of unbranched alkanes of at least 4 members (excludes halogenated alkanes) is 3. The van der Waals surface area contributed by atoms with Gasteiger partial charge in [-0.1, -0.05) is 0 Å². The molecular weight excluding hydrogens is 423 g/mol. The van der Waals surface area contributed by atoms with Gasteiger partial charge in [-0.05, 0) is 0 Å². The van der Waals surface area contributed by atoms with Crippen LogP contribution in [-0.2, 0) is 6.42 Å². The fourth-order valence-corrected chi connectivity index (χ4v) is 24.8. The molecule has 0 aromatic heterocycles. The molecule has 3 atom stereocenters. The first-order chi connectivity index (χ1) is 12.7. The first kappa shape index (κ1) is 22.3. The van der Waals surface area contributed by atoms with Gasteiger partial charge in [0.2, 0.25) is 0 Å². The third-order valence-electron chi connectivity index (χ3n) is 6.78. The molecule has 148 valence electrons. The number of aliphatic hydroxyl groups excluding tert-OH is 1. The van der Waals surface area contributed by atoms with Crippen LogP contribution in [0.4, 0.5) is 0 Å². The summed E-state index contributed by atoms with van der Waals surface area (Å²) in [5.41, 5.74) is 1.38. The van der Waals surface area contributed by atoms with Crippen molar-refractivity contribution < 1.29 is 5.11 Å². The van der Waals surface area contributed by atoms with Crippen molar-refractivity contribution in [3.05, 3.63) is 35.9 Å². The van der Waals surface area contributed by atoms with E-state index < -0.39 is 18.4 Å². The van der Waals surface area contributed by atoms with Gasteiger partial charge in [-0.2, -0.15) is 0 Å². The van der Waals surface area contributed by atoms with Gasteiger partial charge in [-0.15, -0.1) is 0 Å². The van der Waals surface area contributed by atoms with Crippen molar-refractivity contribution in [3.8, 4) is 0 Å².